The van der Waals surface area contributed by atoms with Crippen molar-refractivity contribution in [1.29, 1.82) is 0 Å². The maximum Gasteiger partial charge on any atom is 0.314 e. The molecule has 0 fully saturated rings. The summed E-state index contributed by atoms with van der Waals surface area (Å²) in [7, 11) is 1.49. The third kappa shape index (κ3) is 3.95. The number of fused-ring (bicyclic) bond motifs is 1. The lowest BCUT2D eigenvalue weighted by molar-refractivity contribution is -0.133. The van der Waals surface area contributed by atoms with E-state index in [0.717, 1.165) is 15.4 Å². The van der Waals surface area contributed by atoms with Gasteiger partial charge in [0.15, 0.2) is 0 Å². The van der Waals surface area contributed by atoms with E-state index in [4.69, 9.17) is 4.74 Å². The number of hydrogen-bond acceptors (Lipinski definition) is 4. The number of nitrogens with zero attached hydrogens (tertiary/aromatic N) is 1. The summed E-state index contributed by atoms with van der Waals surface area (Å²) in [6.07, 6.45) is 1.69. The van der Waals surface area contributed by atoms with Crippen LogP contribution in [0.25, 0.3) is 10.9 Å². The Bertz CT molecular complexity index is 959. The van der Waals surface area contributed by atoms with Crippen molar-refractivity contribution in [1.82, 2.24) is 4.98 Å². The number of halogens is 1. The Hall–Kier alpha value is -2.93. The van der Waals surface area contributed by atoms with Gasteiger partial charge >= 0.3 is 11.8 Å². The topological polar surface area (TPSA) is 80.3 Å². The first-order valence-corrected chi connectivity index (χ1v) is 8.17. The maximum atomic E-state index is 12.2. The fraction of sp³-hybridized carbons (Fsp3) is 0.0556. The third-order valence-electron chi connectivity index (χ3n) is 3.48. The lowest BCUT2D eigenvalue weighted by Crippen LogP contribution is -2.29. The molecule has 0 aliphatic carbocycles. The van der Waals surface area contributed by atoms with Crippen LogP contribution in [-0.4, -0.2) is 23.9 Å². The number of carbonyl (C=O) groups is 2. The molecule has 0 aliphatic rings. The molecule has 0 aliphatic heterocycles. The minimum atomic E-state index is -0.789. The first kappa shape index (κ1) is 16.9. The predicted molar refractivity (Wildman–Crippen MR) is 99.7 cm³/mol. The molecular weight excluding hydrogens is 386 g/mol. The molecule has 6 nitrogen and oxygen atoms in total. The van der Waals surface area contributed by atoms with Gasteiger partial charge in [0.05, 0.1) is 18.3 Å². The van der Waals surface area contributed by atoms with Crippen LogP contribution in [0.1, 0.15) is 0 Å². The molecule has 0 saturated carbocycles. The molecule has 0 atom stereocenters. The number of ether oxygens (including phenoxy) is 1. The number of methoxy groups -OCH3 is 1. The van der Waals surface area contributed by atoms with Gasteiger partial charge in [-0.15, -0.1) is 0 Å². The number of rotatable bonds is 3. The van der Waals surface area contributed by atoms with Gasteiger partial charge in [-0.1, -0.05) is 22.0 Å². The maximum absolute atomic E-state index is 12.2. The molecule has 3 rings (SSSR count). The van der Waals surface area contributed by atoms with E-state index in [9.17, 15) is 9.59 Å². The van der Waals surface area contributed by atoms with E-state index in [0.29, 0.717) is 17.1 Å². The van der Waals surface area contributed by atoms with Gasteiger partial charge in [0, 0.05) is 21.7 Å². The third-order valence-corrected chi connectivity index (χ3v) is 3.97. The molecule has 0 bridgehead atoms. The summed E-state index contributed by atoms with van der Waals surface area (Å²) < 4.78 is 5.93. The van der Waals surface area contributed by atoms with E-state index in [2.05, 4.69) is 31.5 Å². The average molecular weight is 400 g/mol. The van der Waals surface area contributed by atoms with Gasteiger partial charge in [-0.25, -0.2) is 0 Å². The highest BCUT2D eigenvalue weighted by atomic mass is 79.9. The lowest BCUT2D eigenvalue weighted by Gasteiger charge is -2.11. The number of carbonyl (C=O) groups excluding carboxylic acids is 2. The monoisotopic (exact) mass is 399 g/mol. The summed E-state index contributed by atoms with van der Waals surface area (Å²) in [6, 6.07) is 14.0. The number of aromatic nitrogens is 1. The molecule has 0 saturated heterocycles. The van der Waals surface area contributed by atoms with Crippen LogP contribution >= 0.6 is 15.9 Å². The van der Waals surface area contributed by atoms with Gasteiger partial charge in [0.1, 0.15) is 5.75 Å². The summed E-state index contributed by atoms with van der Waals surface area (Å²) in [5.41, 5.74) is 1.73. The summed E-state index contributed by atoms with van der Waals surface area (Å²) in [5, 5.41) is 5.99. The number of benzene rings is 2. The van der Waals surface area contributed by atoms with Crippen molar-refractivity contribution in [2.24, 2.45) is 0 Å². The molecule has 0 unspecified atom stereocenters. The fourth-order valence-corrected chi connectivity index (χ4v) is 2.66. The van der Waals surface area contributed by atoms with Crippen LogP contribution in [0.15, 0.2) is 59.2 Å². The average Bonchev–Trinajstić information content (AvgIpc) is 2.61. The first-order valence-electron chi connectivity index (χ1n) is 7.37. The zero-order valence-corrected chi connectivity index (χ0v) is 14.8. The molecule has 126 valence electrons. The van der Waals surface area contributed by atoms with Crippen LogP contribution in [-0.2, 0) is 9.59 Å². The van der Waals surface area contributed by atoms with Crippen LogP contribution in [0, 0.1) is 0 Å². The Morgan fingerprint density at radius 1 is 1.04 bits per heavy atom. The Labute approximate surface area is 152 Å². The summed E-state index contributed by atoms with van der Waals surface area (Å²) in [5.74, 6) is -1.10. The van der Waals surface area contributed by atoms with Crippen molar-refractivity contribution in [3.8, 4) is 5.75 Å². The highest BCUT2D eigenvalue weighted by molar-refractivity contribution is 9.10. The van der Waals surface area contributed by atoms with Crippen molar-refractivity contribution in [3.63, 3.8) is 0 Å². The predicted octanol–water partition coefficient (Wildman–Crippen LogP) is 3.58. The second-order valence-corrected chi connectivity index (χ2v) is 6.08. The van der Waals surface area contributed by atoms with Crippen molar-refractivity contribution in [2.45, 2.75) is 0 Å². The fourth-order valence-electron chi connectivity index (χ4n) is 2.30. The molecular formula is C18H14BrN3O3. The SMILES string of the molecule is COc1ccc(Br)cc1NC(=O)C(=O)Nc1ccc2ncccc2c1. The van der Waals surface area contributed by atoms with Crippen molar-refractivity contribution >= 4 is 50.0 Å². The largest absolute Gasteiger partial charge is 0.495 e. The van der Waals surface area contributed by atoms with Gasteiger partial charge in [-0.05, 0) is 42.5 Å². The van der Waals surface area contributed by atoms with Crippen LogP contribution in [0.2, 0.25) is 0 Å². The van der Waals surface area contributed by atoms with Crippen molar-refractivity contribution in [3.05, 3.63) is 59.2 Å². The van der Waals surface area contributed by atoms with Gasteiger partial charge in [0.25, 0.3) is 0 Å². The number of pyridine rings is 1. The van der Waals surface area contributed by atoms with Gasteiger partial charge < -0.3 is 15.4 Å². The van der Waals surface area contributed by atoms with Crippen LogP contribution < -0.4 is 15.4 Å². The normalized spacial score (nSPS) is 10.3. The molecule has 0 spiro atoms. The summed E-state index contributed by atoms with van der Waals surface area (Å²) >= 11 is 3.32. The lowest BCUT2D eigenvalue weighted by atomic mass is 10.2. The van der Waals surface area contributed by atoms with Crippen molar-refractivity contribution in [2.75, 3.05) is 17.7 Å². The Kier molecular flexibility index (Phi) is 4.95. The van der Waals surface area contributed by atoms with E-state index >= 15 is 0 Å². The van der Waals surface area contributed by atoms with Crippen LogP contribution in [0.3, 0.4) is 0 Å². The smallest absolute Gasteiger partial charge is 0.314 e. The molecule has 2 amide bonds. The van der Waals surface area contributed by atoms with Gasteiger partial charge in [-0.3, -0.25) is 14.6 Å². The Morgan fingerprint density at radius 2 is 1.84 bits per heavy atom. The van der Waals surface area contributed by atoms with Gasteiger partial charge in [-0.2, -0.15) is 0 Å². The highest BCUT2D eigenvalue weighted by Crippen LogP contribution is 2.27. The van der Waals surface area contributed by atoms with E-state index in [1.807, 2.05) is 6.07 Å². The molecule has 2 aromatic carbocycles. The van der Waals surface area contributed by atoms with Gasteiger partial charge in [0.2, 0.25) is 0 Å². The first-order chi connectivity index (χ1) is 12.1. The Balaban J connectivity index is 1.74. The molecule has 25 heavy (non-hydrogen) atoms. The molecule has 1 aromatic heterocycles. The highest BCUT2D eigenvalue weighted by Gasteiger charge is 2.16. The van der Waals surface area contributed by atoms with E-state index in [1.165, 1.54) is 7.11 Å². The molecule has 3 aromatic rings. The molecule has 2 N–H and O–H groups in total. The van der Waals surface area contributed by atoms with E-state index in [-0.39, 0.29) is 0 Å². The summed E-state index contributed by atoms with van der Waals surface area (Å²) in [6.45, 7) is 0. The number of nitrogens with one attached hydrogen (secondary N) is 2. The molecule has 7 heteroatoms. The second kappa shape index (κ2) is 7.31. The molecule has 0 radical (unpaired) electrons. The van der Waals surface area contributed by atoms with E-state index in [1.54, 1.807) is 48.7 Å². The van der Waals surface area contributed by atoms with Crippen LogP contribution in [0.5, 0.6) is 5.75 Å². The number of anilines is 2. The minimum Gasteiger partial charge on any atom is -0.495 e. The Morgan fingerprint density at radius 3 is 2.64 bits per heavy atom. The number of hydrogen-bond donors (Lipinski definition) is 2. The number of amides is 2. The quantitative estimate of drug-likeness (QED) is 0.659. The van der Waals surface area contributed by atoms with Crippen molar-refractivity contribution < 1.29 is 14.3 Å². The zero-order valence-electron chi connectivity index (χ0n) is 13.2. The minimum absolute atomic E-state index is 0.403. The summed E-state index contributed by atoms with van der Waals surface area (Å²) in [4.78, 5) is 28.5. The zero-order chi connectivity index (χ0) is 17.8. The van der Waals surface area contributed by atoms with Crippen LogP contribution in [0.4, 0.5) is 11.4 Å². The standard InChI is InChI=1S/C18H14BrN3O3/c1-25-16-7-4-12(19)10-15(16)22-18(24)17(23)21-13-5-6-14-11(9-13)3-2-8-20-14/h2-10H,1H3,(H,21,23)(H,22,24). The van der Waals surface area contributed by atoms with E-state index < -0.39 is 11.8 Å². The second-order valence-electron chi connectivity index (χ2n) is 5.16. The molecule has 1 heterocycles.